The molecular weight excluding hydrogens is 264 g/mol. The van der Waals surface area contributed by atoms with Crippen LogP contribution in [0.5, 0.6) is 0 Å². The van der Waals surface area contributed by atoms with Crippen molar-refractivity contribution in [2.24, 2.45) is 4.99 Å². The first-order valence-corrected chi connectivity index (χ1v) is 7.39. The SMILES string of the molecule is CCC(=O)Nc1ccc2c(c1)/C(=C/C1CN=CN1)CCN2. The fraction of sp³-hybridized carbons (Fsp3) is 0.375. The van der Waals surface area contributed by atoms with Gasteiger partial charge in [0.1, 0.15) is 0 Å². The summed E-state index contributed by atoms with van der Waals surface area (Å²) < 4.78 is 0. The molecule has 0 saturated carbocycles. The zero-order valence-electron chi connectivity index (χ0n) is 12.1. The Morgan fingerprint density at radius 2 is 2.43 bits per heavy atom. The maximum Gasteiger partial charge on any atom is 0.224 e. The van der Waals surface area contributed by atoms with Crippen molar-refractivity contribution in [2.75, 3.05) is 23.7 Å². The Balaban J connectivity index is 1.87. The van der Waals surface area contributed by atoms with Crippen molar-refractivity contribution in [3.8, 4) is 0 Å². The van der Waals surface area contributed by atoms with Crippen molar-refractivity contribution in [3.05, 3.63) is 29.8 Å². The quantitative estimate of drug-likeness (QED) is 0.797. The number of nitrogens with one attached hydrogen (secondary N) is 3. The van der Waals surface area contributed by atoms with E-state index in [1.807, 2.05) is 19.1 Å². The van der Waals surface area contributed by atoms with E-state index >= 15 is 0 Å². The fourth-order valence-corrected chi connectivity index (χ4v) is 2.64. The molecule has 1 unspecified atom stereocenters. The zero-order valence-corrected chi connectivity index (χ0v) is 12.1. The highest BCUT2D eigenvalue weighted by Gasteiger charge is 2.17. The van der Waals surface area contributed by atoms with Crippen LogP contribution in [0, 0.1) is 0 Å². The van der Waals surface area contributed by atoms with E-state index in [4.69, 9.17) is 0 Å². The number of amides is 1. The van der Waals surface area contributed by atoms with Crippen molar-refractivity contribution >= 4 is 29.2 Å². The summed E-state index contributed by atoms with van der Waals surface area (Å²) in [6, 6.07) is 6.31. The molecule has 0 aliphatic carbocycles. The van der Waals surface area contributed by atoms with Crippen molar-refractivity contribution in [2.45, 2.75) is 25.8 Å². The van der Waals surface area contributed by atoms with E-state index in [9.17, 15) is 4.79 Å². The summed E-state index contributed by atoms with van der Waals surface area (Å²) in [7, 11) is 0. The van der Waals surface area contributed by atoms with Crippen LogP contribution < -0.4 is 16.0 Å². The van der Waals surface area contributed by atoms with E-state index in [1.165, 1.54) is 11.1 Å². The van der Waals surface area contributed by atoms with Crippen LogP contribution in [0.1, 0.15) is 25.3 Å². The number of anilines is 2. The lowest BCUT2D eigenvalue weighted by atomic mass is 9.95. The number of nitrogens with zero attached hydrogens (tertiary/aromatic N) is 1. The molecule has 0 spiro atoms. The van der Waals surface area contributed by atoms with Crippen LogP contribution in [0.4, 0.5) is 11.4 Å². The van der Waals surface area contributed by atoms with Gasteiger partial charge in [-0.15, -0.1) is 0 Å². The lowest BCUT2D eigenvalue weighted by Gasteiger charge is -2.23. The van der Waals surface area contributed by atoms with Gasteiger partial charge in [0.25, 0.3) is 0 Å². The van der Waals surface area contributed by atoms with Gasteiger partial charge in [-0.1, -0.05) is 13.0 Å². The lowest BCUT2D eigenvalue weighted by molar-refractivity contribution is -0.115. The first-order valence-electron chi connectivity index (χ1n) is 7.39. The number of benzene rings is 1. The van der Waals surface area contributed by atoms with E-state index in [1.54, 1.807) is 6.34 Å². The fourth-order valence-electron chi connectivity index (χ4n) is 2.64. The van der Waals surface area contributed by atoms with Gasteiger partial charge < -0.3 is 16.0 Å². The summed E-state index contributed by atoms with van der Waals surface area (Å²) in [4.78, 5) is 15.7. The summed E-state index contributed by atoms with van der Waals surface area (Å²) in [6.45, 7) is 3.58. The van der Waals surface area contributed by atoms with Crippen LogP contribution in [-0.2, 0) is 4.79 Å². The monoisotopic (exact) mass is 284 g/mol. The van der Waals surface area contributed by atoms with Gasteiger partial charge in [-0.2, -0.15) is 0 Å². The molecule has 0 fully saturated rings. The Hall–Kier alpha value is -2.30. The minimum atomic E-state index is 0.0371. The van der Waals surface area contributed by atoms with E-state index in [-0.39, 0.29) is 11.9 Å². The number of carbonyl (C=O) groups is 1. The molecule has 2 aliphatic heterocycles. The average Bonchev–Trinajstić information content (AvgIpc) is 3.01. The van der Waals surface area contributed by atoms with Gasteiger partial charge in [-0.05, 0) is 30.2 Å². The molecule has 0 saturated heterocycles. The van der Waals surface area contributed by atoms with Gasteiger partial charge >= 0.3 is 0 Å². The molecule has 3 N–H and O–H groups in total. The average molecular weight is 284 g/mol. The van der Waals surface area contributed by atoms with Gasteiger partial charge in [0.2, 0.25) is 5.91 Å². The molecule has 110 valence electrons. The molecule has 5 nitrogen and oxygen atoms in total. The highest BCUT2D eigenvalue weighted by Crippen LogP contribution is 2.33. The summed E-state index contributed by atoms with van der Waals surface area (Å²) in [6.07, 6.45) is 5.48. The summed E-state index contributed by atoms with van der Waals surface area (Å²) in [5.74, 6) is 0.0371. The molecular formula is C16H20N4O. The number of carbonyl (C=O) groups excluding carboxylic acids is 1. The Labute approximate surface area is 124 Å². The van der Waals surface area contributed by atoms with E-state index in [0.29, 0.717) is 6.42 Å². The van der Waals surface area contributed by atoms with Gasteiger partial charge in [0, 0.05) is 29.9 Å². The van der Waals surface area contributed by atoms with Crippen LogP contribution in [0.25, 0.3) is 5.57 Å². The summed E-state index contributed by atoms with van der Waals surface area (Å²) >= 11 is 0. The van der Waals surface area contributed by atoms with Crippen LogP contribution in [0.2, 0.25) is 0 Å². The number of fused-ring (bicyclic) bond motifs is 1. The van der Waals surface area contributed by atoms with Gasteiger partial charge in [-0.25, -0.2) is 0 Å². The smallest absolute Gasteiger partial charge is 0.224 e. The lowest BCUT2D eigenvalue weighted by Crippen LogP contribution is -2.23. The van der Waals surface area contributed by atoms with Gasteiger partial charge in [0.05, 0.1) is 18.9 Å². The molecule has 5 heteroatoms. The van der Waals surface area contributed by atoms with Crippen molar-refractivity contribution in [3.63, 3.8) is 0 Å². The summed E-state index contributed by atoms with van der Waals surface area (Å²) in [5, 5.41) is 9.56. The molecule has 0 bridgehead atoms. The normalized spacial score (nSPS) is 21.6. The van der Waals surface area contributed by atoms with Gasteiger partial charge in [0.15, 0.2) is 0 Å². The van der Waals surface area contributed by atoms with E-state index in [2.05, 4.69) is 33.1 Å². The third kappa shape index (κ3) is 3.07. The second-order valence-corrected chi connectivity index (χ2v) is 5.30. The van der Waals surface area contributed by atoms with E-state index in [0.717, 1.165) is 30.9 Å². The first-order chi connectivity index (χ1) is 10.3. The zero-order chi connectivity index (χ0) is 14.7. The molecule has 1 atom stereocenters. The van der Waals surface area contributed by atoms with Crippen molar-refractivity contribution < 1.29 is 4.79 Å². The largest absolute Gasteiger partial charge is 0.384 e. The molecule has 0 aromatic heterocycles. The maximum atomic E-state index is 11.5. The molecule has 3 rings (SSSR count). The summed E-state index contributed by atoms with van der Waals surface area (Å²) in [5.41, 5.74) is 4.45. The Morgan fingerprint density at radius 1 is 1.52 bits per heavy atom. The Kier molecular flexibility index (Phi) is 3.90. The number of aliphatic imine (C=N–C) groups is 1. The molecule has 2 aliphatic rings. The minimum Gasteiger partial charge on any atom is -0.384 e. The highest BCUT2D eigenvalue weighted by molar-refractivity contribution is 5.92. The standard InChI is InChI=1S/C16H20N4O/c1-2-16(21)20-12-3-4-15-14(8-12)11(5-6-18-15)7-13-9-17-10-19-13/h3-4,7-8,10,13,18H,2,5-6,9H2,1H3,(H,17,19)(H,20,21)/b11-7+. The van der Waals surface area contributed by atoms with Crippen molar-refractivity contribution in [1.82, 2.24) is 5.32 Å². The Morgan fingerprint density at radius 3 is 3.19 bits per heavy atom. The maximum absolute atomic E-state index is 11.5. The second kappa shape index (κ2) is 5.99. The van der Waals surface area contributed by atoms with Crippen LogP contribution in [0.15, 0.2) is 29.3 Å². The third-order valence-corrected chi connectivity index (χ3v) is 3.76. The minimum absolute atomic E-state index is 0.0371. The Bertz CT molecular complexity index is 598. The highest BCUT2D eigenvalue weighted by atomic mass is 16.1. The van der Waals surface area contributed by atoms with Crippen LogP contribution in [-0.4, -0.2) is 31.4 Å². The topological polar surface area (TPSA) is 65.5 Å². The van der Waals surface area contributed by atoms with Crippen LogP contribution in [0.3, 0.4) is 0 Å². The van der Waals surface area contributed by atoms with Gasteiger partial charge in [-0.3, -0.25) is 9.79 Å². The molecule has 2 heterocycles. The molecule has 1 aromatic rings. The first kappa shape index (κ1) is 13.7. The number of rotatable bonds is 3. The number of hydrogen-bond acceptors (Lipinski definition) is 4. The predicted molar refractivity (Wildman–Crippen MR) is 86.7 cm³/mol. The van der Waals surface area contributed by atoms with Crippen molar-refractivity contribution in [1.29, 1.82) is 0 Å². The molecule has 1 aromatic carbocycles. The molecule has 21 heavy (non-hydrogen) atoms. The second-order valence-electron chi connectivity index (χ2n) is 5.30. The number of hydrogen-bond donors (Lipinski definition) is 3. The molecule has 1 amide bonds. The van der Waals surface area contributed by atoms with E-state index < -0.39 is 0 Å². The molecule has 0 radical (unpaired) electrons. The third-order valence-electron chi connectivity index (χ3n) is 3.76. The van der Waals surface area contributed by atoms with Crippen LogP contribution >= 0.6 is 0 Å². The predicted octanol–water partition coefficient (Wildman–Crippen LogP) is 2.23.